The van der Waals surface area contributed by atoms with E-state index < -0.39 is 0 Å². The Hall–Kier alpha value is -1.88. The zero-order valence-corrected chi connectivity index (χ0v) is 12.1. The van der Waals surface area contributed by atoms with Crippen LogP contribution >= 0.6 is 0 Å². The van der Waals surface area contributed by atoms with E-state index in [1.165, 1.54) is 0 Å². The van der Waals surface area contributed by atoms with Gasteiger partial charge in [-0.3, -0.25) is 9.59 Å². The van der Waals surface area contributed by atoms with Crippen LogP contribution in [-0.4, -0.2) is 31.4 Å². The summed E-state index contributed by atoms with van der Waals surface area (Å²) in [5.74, 6) is -0.340. The number of carbonyl (C=O) groups is 2. The summed E-state index contributed by atoms with van der Waals surface area (Å²) in [6.45, 7) is 5.06. The first kappa shape index (κ1) is 16.2. The maximum atomic E-state index is 11.8. The second-order valence-electron chi connectivity index (χ2n) is 4.75. The number of benzene rings is 1. The highest BCUT2D eigenvalue weighted by molar-refractivity contribution is 5.94. The molecule has 0 radical (unpaired) electrons. The number of rotatable bonds is 7. The van der Waals surface area contributed by atoms with E-state index in [9.17, 15) is 9.59 Å². The largest absolute Gasteiger partial charge is 0.354 e. The van der Waals surface area contributed by atoms with Gasteiger partial charge in [-0.25, -0.2) is 0 Å². The van der Waals surface area contributed by atoms with Gasteiger partial charge in [0.25, 0.3) is 5.91 Å². The average Bonchev–Trinajstić information content (AvgIpc) is 2.45. The van der Waals surface area contributed by atoms with Crippen LogP contribution in [0.25, 0.3) is 0 Å². The van der Waals surface area contributed by atoms with E-state index in [1.54, 1.807) is 12.1 Å². The molecule has 1 aromatic carbocycles. The van der Waals surface area contributed by atoms with Crippen LogP contribution in [0, 0.1) is 12.8 Å². The molecule has 0 spiro atoms. The van der Waals surface area contributed by atoms with Gasteiger partial charge in [-0.1, -0.05) is 24.6 Å². The number of amides is 2. The van der Waals surface area contributed by atoms with Gasteiger partial charge in [-0.05, 0) is 25.5 Å². The SMILES string of the molecule is CCC(CN)C(=O)NCCNC(=O)c1ccc(C)cc1. The van der Waals surface area contributed by atoms with Crippen molar-refractivity contribution in [2.24, 2.45) is 11.7 Å². The molecular formula is C15H23N3O2. The molecule has 1 atom stereocenters. The molecule has 0 bridgehead atoms. The number of hydrogen-bond acceptors (Lipinski definition) is 3. The van der Waals surface area contributed by atoms with Crippen LogP contribution in [0.4, 0.5) is 0 Å². The van der Waals surface area contributed by atoms with Gasteiger partial charge >= 0.3 is 0 Å². The summed E-state index contributed by atoms with van der Waals surface area (Å²) in [5, 5.41) is 5.53. The van der Waals surface area contributed by atoms with Crippen molar-refractivity contribution in [1.82, 2.24) is 10.6 Å². The van der Waals surface area contributed by atoms with Crippen molar-refractivity contribution < 1.29 is 9.59 Å². The number of aryl methyl sites for hydroxylation is 1. The van der Waals surface area contributed by atoms with Crippen LogP contribution in [0.5, 0.6) is 0 Å². The molecule has 0 saturated heterocycles. The molecule has 4 N–H and O–H groups in total. The molecule has 110 valence electrons. The molecule has 0 aliphatic heterocycles. The monoisotopic (exact) mass is 277 g/mol. The summed E-state index contributed by atoms with van der Waals surface area (Å²) in [4.78, 5) is 23.5. The molecule has 0 aromatic heterocycles. The minimum atomic E-state index is -0.150. The van der Waals surface area contributed by atoms with Gasteiger partial charge in [0.05, 0.1) is 0 Å². The van der Waals surface area contributed by atoms with Crippen LogP contribution in [-0.2, 0) is 4.79 Å². The first-order valence-corrected chi connectivity index (χ1v) is 6.91. The fraction of sp³-hybridized carbons (Fsp3) is 0.467. The molecule has 0 heterocycles. The van der Waals surface area contributed by atoms with E-state index in [0.29, 0.717) is 25.2 Å². The summed E-state index contributed by atoms with van der Waals surface area (Å²) < 4.78 is 0. The summed E-state index contributed by atoms with van der Waals surface area (Å²) in [7, 11) is 0. The van der Waals surface area contributed by atoms with Crippen molar-refractivity contribution >= 4 is 11.8 Å². The lowest BCUT2D eigenvalue weighted by molar-refractivity contribution is -0.124. The quantitative estimate of drug-likeness (QED) is 0.645. The first-order valence-electron chi connectivity index (χ1n) is 6.91. The average molecular weight is 277 g/mol. The molecule has 0 aliphatic rings. The van der Waals surface area contributed by atoms with Crippen molar-refractivity contribution in [3.8, 4) is 0 Å². The van der Waals surface area contributed by atoms with E-state index in [4.69, 9.17) is 5.73 Å². The summed E-state index contributed by atoms with van der Waals surface area (Å²) in [6.07, 6.45) is 0.720. The molecule has 5 nitrogen and oxygen atoms in total. The molecule has 2 amide bonds. The minimum absolute atomic E-state index is 0.0559. The summed E-state index contributed by atoms with van der Waals surface area (Å²) >= 11 is 0. The summed E-state index contributed by atoms with van der Waals surface area (Å²) in [6, 6.07) is 7.35. The second kappa shape index (κ2) is 8.32. The Morgan fingerprint density at radius 3 is 2.30 bits per heavy atom. The van der Waals surface area contributed by atoms with Gasteiger partial charge in [0.2, 0.25) is 5.91 Å². The highest BCUT2D eigenvalue weighted by Crippen LogP contribution is 2.02. The molecule has 0 aliphatic carbocycles. The van der Waals surface area contributed by atoms with Gasteiger partial charge in [-0.15, -0.1) is 0 Å². The molecule has 1 unspecified atom stereocenters. The van der Waals surface area contributed by atoms with E-state index in [2.05, 4.69) is 10.6 Å². The molecule has 0 saturated carbocycles. The fourth-order valence-electron chi connectivity index (χ4n) is 1.77. The van der Waals surface area contributed by atoms with Crippen molar-refractivity contribution in [2.75, 3.05) is 19.6 Å². The van der Waals surface area contributed by atoms with Crippen LogP contribution in [0.15, 0.2) is 24.3 Å². The maximum Gasteiger partial charge on any atom is 0.251 e. The smallest absolute Gasteiger partial charge is 0.251 e. The van der Waals surface area contributed by atoms with Gasteiger partial charge in [0.1, 0.15) is 0 Å². The van der Waals surface area contributed by atoms with Crippen molar-refractivity contribution in [3.05, 3.63) is 35.4 Å². The van der Waals surface area contributed by atoms with E-state index >= 15 is 0 Å². The lowest BCUT2D eigenvalue weighted by atomic mass is 10.1. The summed E-state index contributed by atoms with van der Waals surface area (Å²) in [5.41, 5.74) is 7.23. The van der Waals surface area contributed by atoms with Crippen molar-refractivity contribution in [1.29, 1.82) is 0 Å². The Bertz CT molecular complexity index is 439. The van der Waals surface area contributed by atoms with Crippen molar-refractivity contribution in [2.45, 2.75) is 20.3 Å². The molecule has 20 heavy (non-hydrogen) atoms. The van der Waals surface area contributed by atoms with Gasteiger partial charge < -0.3 is 16.4 Å². The molecule has 1 rings (SSSR count). The van der Waals surface area contributed by atoms with Crippen LogP contribution in [0.3, 0.4) is 0 Å². The Morgan fingerprint density at radius 1 is 1.15 bits per heavy atom. The zero-order valence-electron chi connectivity index (χ0n) is 12.1. The van der Waals surface area contributed by atoms with Crippen molar-refractivity contribution in [3.63, 3.8) is 0 Å². The molecule has 5 heteroatoms. The van der Waals surface area contributed by atoms with Gasteiger partial charge in [-0.2, -0.15) is 0 Å². The van der Waals surface area contributed by atoms with Gasteiger partial charge in [0.15, 0.2) is 0 Å². The fourth-order valence-corrected chi connectivity index (χ4v) is 1.77. The van der Waals surface area contributed by atoms with E-state index in [-0.39, 0.29) is 17.7 Å². The standard InChI is InChI=1S/C15H23N3O2/c1-3-12(10-16)14(19)17-8-9-18-15(20)13-6-4-11(2)5-7-13/h4-7,12H,3,8-10,16H2,1-2H3,(H,17,19)(H,18,20). The molecular weight excluding hydrogens is 254 g/mol. The lowest BCUT2D eigenvalue weighted by Crippen LogP contribution is -2.39. The zero-order chi connectivity index (χ0) is 15.0. The highest BCUT2D eigenvalue weighted by atomic mass is 16.2. The minimum Gasteiger partial charge on any atom is -0.354 e. The third-order valence-electron chi connectivity index (χ3n) is 3.17. The number of carbonyl (C=O) groups excluding carboxylic acids is 2. The van der Waals surface area contributed by atoms with Gasteiger partial charge in [0, 0.05) is 31.1 Å². The highest BCUT2D eigenvalue weighted by Gasteiger charge is 2.13. The third kappa shape index (κ3) is 5.01. The third-order valence-corrected chi connectivity index (χ3v) is 3.17. The molecule has 1 aromatic rings. The molecule has 0 fully saturated rings. The Balaban J connectivity index is 2.29. The number of hydrogen-bond donors (Lipinski definition) is 3. The first-order chi connectivity index (χ1) is 9.58. The van der Waals surface area contributed by atoms with Crippen LogP contribution < -0.4 is 16.4 Å². The Labute approximate surface area is 119 Å². The number of nitrogens with one attached hydrogen (secondary N) is 2. The van der Waals surface area contributed by atoms with Crippen LogP contribution in [0.1, 0.15) is 29.3 Å². The Kier molecular flexibility index (Phi) is 6.73. The predicted molar refractivity (Wildman–Crippen MR) is 79.4 cm³/mol. The second-order valence-corrected chi connectivity index (χ2v) is 4.75. The normalized spacial score (nSPS) is 11.8. The van der Waals surface area contributed by atoms with E-state index in [0.717, 1.165) is 12.0 Å². The topological polar surface area (TPSA) is 84.2 Å². The lowest BCUT2D eigenvalue weighted by Gasteiger charge is -2.12. The van der Waals surface area contributed by atoms with E-state index in [1.807, 2.05) is 26.0 Å². The number of nitrogens with two attached hydrogens (primary N) is 1. The predicted octanol–water partition coefficient (Wildman–Crippen LogP) is 0.826. The van der Waals surface area contributed by atoms with Crippen LogP contribution in [0.2, 0.25) is 0 Å². The maximum absolute atomic E-state index is 11.8. The Morgan fingerprint density at radius 2 is 1.75 bits per heavy atom.